The molecular weight excluding hydrogens is 308 g/mol. The van der Waals surface area contributed by atoms with E-state index in [0.29, 0.717) is 5.75 Å². The van der Waals surface area contributed by atoms with Crippen molar-refractivity contribution in [3.8, 4) is 5.75 Å². The van der Waals surface area contributed by atoms with E-state index in [9.17, 15) is 14.7 Å². The van der Waals surface area contributed by atoms with Crippen LogP contribution in [0.5, 0.6) is 5.75 Å². The van der Waals surface area contributed by atoms with Gasteiger partial charge in [-0.05, 0) is 18.1 Å². The van der Waals surface area contributed by atoms with Crippen LogP contribution in [0.2, 0.25) is 0 Å². The van der Waals surface area contributed by atoms with E-state index in [2.05, 4.69) is 10.6 Å². The summed E-state index contributed by atoms with van der Waals surface area (Å²) in [6.45, 7) is 0.223. The van der Waals surface area contributed by atoms with Crippen LogP contribution < -0.4 is 20.5 Å². The Morgan fingerprint density at radius 1 is 1.08 bits per heavy atom. The summed E-state index contributed by atoms with van der Waals surface area (Å²) in [6.07, 6.45) is 0.158. The maximum atomic E-state index is 12.0. The molecule has 126 valence electrons. The third-order valence-corrected chi connectivity index (χ3v) is 3.50. The summed E-state index contributed by atoms with van der Waals surface area (Å²) >= 11 is 0. The van der Waals surface area contributed by atoms with Crippen LogP contribution in [0, 0.1) is 0 Å². The average molecular weight is 327 g/mol. The van der Waals surface area contributed by atoms with Crippen LogP contribution in [-0.4, -0.2) is 25.2 Å². The van der Waals surface area contributed by atoms with Crippen LogP contribution in [0.25, 0.3) is 0 Å². The van der Waals surface area contributed by atoms with Gasteiger partial charge in [0.15, 0.2) is 0 Å². The molecule has 24 heavy (non-hydrogen) atoms. The Bertz CT molecular complexity index is 688. The van der Waals surface area contributed by atoms with Crippen molar-refractivity contribution in [2.45, 2.75) is 19.0 Å². The number of benzene rings is 2. The van der Waals surface area contributed by atoms with E-state index in [1.165, 1.54) is 0 Å². The molecule has 2 amide bonds. The highest BCUT2D eigenvalue weighted by Crippen LogP contribution is 2.16. The first-order chi connectivity index (χ1) is 11.6. The molecule has 1 atom stereocenters. The summed E-state index contributed by atoms with van der Waals surface area (Å²) < 4.78 is 5.20. The molecule has 2 N–H and O–H groups in total. The first kappa shape index (κ1) is 17.3. The lowest BCUT2D eigenvalue weighted by Crippen LogP contribution is -2.51. The number of urea groups is 1. The number of carbonyl (C=O) groups is 2. The van der Waals surface area contributed by atoms with Crippen molar-refractivity contribution in [3.63, 3.8) is 0 Å². The highest BCUT2D eigenvalue weighted by molar-refractivity contribution is 5.81. The molecular formula is C18H19N2O4-. The first-order valence-corrected chi connectivity index (χ1v) is 7.51. The second kappa shape index (κ2) is 8.57. The molecule has 6 nitrogen and oxygen atoms in total. The lowest BCUT2D eigenvalue weighted by Gasteiger charge is -2.20. The van der Waals surface area contributed by atoms with Crippen molar-refractivity contribution in [1.82, 2.24) is 10.6 Å². The fraction of sp³-hybridized carbons (Fsp3) is 0.222. The predicted octanol–water partition coefficient (Wildman–Crippen LogP) is 0.856. The maximum Gasteiger partial charge on any atom is 0.315 e. The number of nitrogens with one attached hydrogen (secondary N) is 2. The van der Waals surface area contributed by atoms with Gasteiger partial charge in [0, 0.05) is 12.1 Å². The standard InChI is InChI=1S/C18H20N2O4/c1-24-16-10-6-5-9-14(16)12-19-18(23)20-15(17(21)22)11-13-7-3-2-4-8-13/h2-10,15H,11-12H2,1H3,(H,21,22)(H2,19,20,23)/p-1/t15-/m0/s1. The number of methoxy groups -OCH3 is 1. The molecule has 0 heterocycles. The van der Waals surface area contributed by atoms with Gasteiger partial charge in [0.2, 0.25) is 0 Å². The summed E-state index contributed by atoms with van der Waals surface area (Å²) in [5.74, 6) is -0.676. The number of rotatable bonds is 7. The Balaban J connectivity index is 1.92. The highest BCUT2D eigenvalue weighted by Gasteiger charge is 2.14. The largest absolute Gasteiger partial charge is 0.548 e. The van der Waals surface area contributed by atoms with Gasteiger partial charge < -0.3 is 25.3 Å². The minimum Gasteiger partial charge on any atom is -0.548 e. The Hall–Kier alpha value is -3.02. The average Bonchev–Trinajstić information content (AvgIpc) is 2.60. The number of carbonyl (C=O) groups excluding carboxylic acids is 2. The molecule has 0 unspecified atom stereocenters. The van der Waals surface area contributed by atoms with Crippen molar-refractivity contribution in [2.24, 2.45) is 0 Å². The van der Waals surface area contributed by atoms with E-state index in [4.69, 9.17) is 4.74 Å². The number of carboxylic acid groups (broad SMARTS) is 1. The first-order valence-electron chi connectivity index (χ1n) is 7.51. The third-order valence-electron chi connectivity index (χ3n) is 3.50. The molecule has 0 saturated carbocycles. The van der Waals surface area contributed by atoms with E-state index in [0.717, 1.165) is 11.1 Å². The number of para-hydroxylation sites is 1. The van der Waals surface area contributed by atoms with Crippen LogP contribution >= 0.6 is 0 Å². The van der Waals surface area contributed by atoms with E-state index in [1.54, 1.807) is 25.3 Å². The van der Waals surface area contributed by atoms with Crippen molar-refractivity contribution in [2.75, 3.05) is 7.11 Å². The quantitative estimate of drug-likeness (QED) is 0.789. The Morgan fingerprint density at radius 3 is 2.42 bits per heavy atom. The smallest absolute Gasteiger partial charge is 0.315 e. The van der Waals surface area contributed by atoms with E-state index in [1.807, 2.05) is 36.4 Å². The molecule has 2 rings (SSSR count). The summed E-state index contributed by atoms with van der Waals surface area (Å²) in [5, 5.41) is 16.3. The molecule has 0 saturated heterocycles. The zero-order valence-corrected chi connectivity index (χ0v) is 13.3. The predicted molar refractivity (Wildman–Crippen MR) is 87.3 cm³/mol. The number of carboxylic acids is 1. The zero-order valence-electron chi connectivity index (χ0n) is 13.3. The number of ether oxygens (including phenoxy) is 1. The van der Waals surface area contributed by atoms with Gasteiger partial charge in [0.25, 0.3) is 0 Å². The Morgan fingerprint density at radius 2 is 1.75 bits per heavy atom. The molecule has 2 aromatic rings. The fourth-order valence-corrected chi connectivity index (χ4v) is 2.28. The normalized spacial score (nSPS) is 11.4. The lowest BCUT2D eigenvalue weighted by molar-refractivity contribution is -0.308. The van der Waals surface area contributed by atoms with Crippen molar-refractivity contribution < 1.29 is 19.4 Å². The van der Waals surface area contributed by atoms with E-state index in [-0.39, 0.29) is 13.0 Å². The molecule has 0 aromatic heterocycles. The van der Waals surface area contributed by atoms with Gasteiger partial charge >= 0.3 is 6.03 Å². The molecule has 0 aliphatic heterocycles. The van der Waals surface area contributed by atoms with E-state index < -0.39 is 18.0 Å². The molecule has 2 aromatic carbocycles. The second-order valence-electron chi connectivity index (χ2n) is 5.20. The molecule has 0 spiro atoms. The summed E-state index contributed by atoms with van der Waals surface area (Å²) in [7, 11) is 1.55. The van der Waals surface area contributed by atoms with Gasteiger partial charge in [-0.1, -0.05) is 48.5 Å². The molecule has 0 bridgehead atoms. The lowest BCUT2D eigenvalue weighted by atomic mass is 10.1. The van der Waals surface area contributed by atoms with Gasteiger partial charge in [0.05, 0.1) is 19.1 Å². The maximum absolute atomic E-state index is 12.0. The van der Waals surface area contributed by atoms with E-state index >= 15 is 0 Å². The Kier molecular flexibility index (Phi) is 6.19. The zero-order chi connectivity index (χ0) is 17.4. The van der Waals surface area contributed by atoms with Crippen LogP contribution in [0.1, 0.15) is 11.1 Å². The summed E-state index contributed by atoms with van der Waals surface area (Å²) in [6, 6.07) is 14.6. The number of amides is 2. The van der Waals surface area contributed by atoms with Gasteiger partial charge in [-0.15, -0.1) is 0 Å². The van der Waals surface area contributed by atoms with Gasteiger partial charge in [-0.2, -0.15) is 0 Å². The van der Waals surface area contributed by atoms with Gasteiger partial charge in [-0.25, -0.2) is 4.79 Å². The van der Waals surface area contributed by atoms with Crippen LogP contribution in [0.4, 0.5) is 4.79 Å². The minimum absolute atomic E-state index is 0.158. The number of hydrogen-bond acceptors (Lipinski definition) is 4. The van der Waals surface area contributed by atoms with Crippen LogP contribution in [-0.2, 0) is 17.8 Å². The highest BCUT2D eigenvalue weighted by atomic mass is 16.5. The van der Waals surface area contributed by atoms with Gasteiger partial charge in [-0.3, -0.25) is 0 Å². The monoisotopic (exact) mass is 327 g/mol. The topological polar surface area (TPSA) is 90.5 Å². The van der Waals surface area contributed by atoms with Crippen molar-refractivity contribution in [3.05, 3.63) is 65.7 Å². The fourth-order valence-electron chi connectivity index (χ4n) is 2.28. The number of hydrogen-bond donors (Lipinski definition) is 2. The third kappa shape index (κ3) is 5.01. The molecule has 0 radical (unpaired) electrons. The molecule has 0 aliphatic carbocycles. The second-order valence-corrected chi connectivity index (χ2v) is 5.20. The van der Waals surface area contributed by atoms with Gasteiger partial charge in [0.1, 0.15) is 5.75 Å². The summed E-state index contributed by atoms with van der Waals surface area (Å²) in [4.78, 5) is 23.2. The van der Waals surface area contributed by atoms with Crippen molar-refractivity contribution >= 4 is 12.0 Å². The summed E-state index contributed by atoms with van der Waals surface area (Å²) in [5.41, 5.74) is 1.60. The molecule has 0 fully saturated rings. The molecule has 6 heteroatoms. The van der Waals surface area contributed by atoms with Crippen LogP contribution in [0.3, 0.4) is 0 Å². The Labute approximate surface area is 140 Å². The van der Waals surface area contributed by atoms with Crippen molar-refractivity contribution in [1.29, 1.82) is 0 Å². The molecule has 0 aliphatic rings. The minimum atomic E-state index is -1.33. The van der Waals surface area contributed by atoms with Crippen LogP contribution in [0.15, 0.2) is 54.6 Å². The SMILES string of the molecule is COc1ccccc1CNC(=O)N[C@@H](Cc1ccccc1)C(=O)[O-]. The number of aliphatic carboxylic acids is 1.